The SMILES string of the molecule is Cn1cc(C2=Cc3c(N4CCN(C(=O)C5CCC5)CC4)ccnc3C2)cn1. The smallest absolute Gasteiger partial charge is 0.225 e. The lowest BCUT2D eigenvalue weighted by Gasteiger charge is -2.39. The fourth-order valence-corrected chi connectivity index (χ4v) is 4.34. The molecular formula is C21H25N5O. The first kappa shape index (κ1) is 16.5. The summed E-state index contributed by atoms with van der Waals surface area (Å²) >= 11 is 0. The molecule has 6 nitrogen and oxygen atoms in total. The van der Waals surface area contributed by atoms with E-state index in [1.165, 1.54) is 23.2 Å². The number of aryl methyl sites for hydroxylation is 1. The lowest BCUT2D eigenvalue weighted by molar-refractivity contribution is -0.138. The van der Waals surface area contributed by atoms with Gasteiger partial charge in [-0.15, -0.1) is 0 Å². The average molecular weight is 363 g/mol. The number of nitrogens with zero attached hydrogens (tertiary/aromatic N) is 5. The number of hydrogen-bond acceptors (Lipinski definition) is 4. The van der Waals surface area contributed by atoms with E-state index in [4.69, 9.17) is 0 Å². The predicted octanol–water partition coefficient (Wildman–Crippen LogP) is 2.36. The van der Waals surface area contributed by atoms with Crippen LogP contribution in [0.15, 0.2) is 24.7 Å². The van der Waals surface area contributed by atoms with Crippen molar-refractivity contribution in [1.29, 1.82) is 0 Å². The van der Waals surface area contributed by atoms with E-state index >= 15 is 0 Å². The van der Waals surface area contributed by atoms with Crippen molar-refractivity contribution in [2.24, 2.45) is 13.0 Å². The molecule has 2 aromatic heterocycles. The van der Waals surface area contributed by atoms with Crippen LogP contribution < -0.4 is 4.90 Å². The number of piperazine rings is 1. The Kier molecular flexibility index (Phi) is 3.99. The van der Waals surface area contributed by atoms with Crippen LogP contribution in [-0.2, 0) is 18.3 Å². The minimum atomic E-state index is 0.298. The van der Waals surface area contributed by atoms with Crippen LogP contribution in [0.1, 0.15) is 36.1 Å². The highest BCUT2D eigenvalue weighted by molar-refractivity contribution is 5.91. The van der Waals surface area contributed by atoms with Gasteiger partial charge in [-0.05, 0) is 30.6 Å². The number of anilines is 1. The number of amides is 1. The fourth-order valence-electron chi connectivity index (χ4n) is 4.34. The third-order valence-corrected chi connectivity index (χ3v) is 6.19. The number of pyridine rings is 1. The Morgan fingerprint density at radius 1 is 1.19 bits per heavy atom. The zero-order valence-electron chi connectivity index (χ0n) is 15.8. The molecule has 1 saturated heterocycles. The van der Waals surface area contributed by atoms with Gasteiger partial charge >= 0.3 is 0 Å². The van der Waals surface area contributed by atoms with Gasteiger partial charge in [0, 0.05) is 74.8 Å². The molecule has 0 unspecified atom stereocenters. The van der Waals surface area contributed by atoms with Crippen molar-refractivity contribution in [1.82, 2.24) is 19.7 Å². The molecule has 2 aliphatic carbocycles. The first-order chi connectivity index (χ1) is 13.2. The van der Waals surface area contributed by atoms with Crippen molar-refractivity contribution in [3.05, 3.63) is 41.5 Å². The topological polar surface area (TPSA) is 54.3 Å². The van der Waals surface area contributed by atoms with E-state index in [0.29, 0.717) is 11.8 Å². The number of hydrogen-bond donors (Lipinski definition) is 0. The molecular weight excluding hydrogens is 338 g/mol. The molecule has 5 rings (SSSR count). The van der Waals surface area contributed by atoms with Crippen molar-refractivity contribution >= 4 is 23.2 Å². The second-order valence-electron chi connectivity index (χ2n) is 7.88. The fraction of sp³-hybridized carbons (Fsp3) is 0.476. The van der Waals surface area contributed by atoms with Gasteiger partial charge in [0.25, 0.3) is 0 Å². The van der Waals surface area contributed by atoms with Gasteiger partial charge in [0.2, 0.25) is 5.91 Å². The third kappa shape index (κ3) is 2.93. The Morgan fingerprint density at radius 2 is 2.00 bits per heavy atom. The minimum absolute atomic E-state index is 0.298. The van der Waals surface area contributed by atoms with Crippen LogP contribution in [0.4, 0.5) is 5.69 Å². The quantitative estimate of drug-likeness (QED) is 0.840. The summed E-state index contributed by atoms with van der Waals surface area (Å²) in [7, 11) is 1.94. The zero-order chi connectivity index (χ0) is 18.4. The van der Waals surface area contributed by atoms with Crippen LogP contribution in [0.2, 0.25) is 0 Å². The summed E-state index contributed by atoms with van der Waals surface area (Å²) in [5.74, 6) is 0.673. The number of carbonyl (C=O) groups excluding carboxylic acids is 1. The van der Waals surface area contributed by atoms with Crippen molar-refractivity contribution < 1.29 is 4.79 Å². The summed E-state index contributed by atoms with van der Waals surface area (Å²) in [6, 6.07) is 2.12. The number of allylic oxidation sites excluding steroid dienone is 1. The van der Waals surface area contributed by atoms with Crippen LogP contribution in [-0.4, -0.2) is 51.8 Å². The molecule has 2 fully saturated rings. The molecule has 3 heterocycles. The lowest BCUT2D eigenvalue weighted by Crippen LogP contribution is -2.51. The van der Waals surface area contributed by atoms with Gasteiger partial charge in [0.15, 0.2) is 0 Å². The summed E-state index contributed by atoms with van der Waals surface area (Å²) < 4.78 is 1.84. The van der Waals surface area contributed by atoms with Gasteiger partial charge in [-0.2, -0.15) is 5.10 Å². The molecule has 0 N–H and O–H groups in total. The average Bonchev–Trinajstić information content (AvgIpc) is 3.26. The lowest BCUT2D eigenvalue weighted by atomic mass is 9.84. The van der Waals surface area contributed by atoms with Crippen molar-refractivity contribution in [3.8, 4) is 0 Å². The molecule has 6 heteroatoms. The van der Waals surface area contributed by atoms with E-state index in [-0.39, 0.29) is 0 Å². The van der Waals surface area contributed by atoms with E-state index < -0.39 is 0 Å². The maximum absolute atomic E-state index is 12.5. The van der Waals surface area contributed by atoms with Crippen LogP contribution >= 0.6 is 0 Å². The molecule has 1 aliphatic heterocycles. The second kappa shape index (κ2) is 6.51. The highest BCUT2D eigenvalue weighted by Crippen LogP contribution is 2.36. The van der Waals surface area contributed by atoms with Gasteiger partial charge in [-0.3, -0.25) is 14.5 Å². The molecule has 3 aliphatic rings. The predicted molar refractivity (Wildman–Crippen MR) is 105 cm³/mol. The Balaban J connectivity index is 1.33. The normalized spacial score (nSPS) is 19.7. The van der Waals surface area contributed by atoms with Gasteiger partial charge < -0.3 is 9.80 Å². The Morgan fingerprint density at radius 3 is 2.67 bits per heavy atom. The zero-order valence-corrected chi connectivity index (χ0v) is 15.8. The molecule has 0 atom stereocenters. The summed E-state index contributed by atoms with van der Waals surface area (Å²) in [5, 5.41) is 4.29. The van der Waals surface area contributed by atoms with Crippen LogP contribution in [0.3, 0.4) is 0 Å². The van der Waals surface area contributed by atoms with Gasteiger partial charge in [-0.25, -0.2) is 0 Å². The van der Waals surface area contributed by atoms with Crippen molar-refractivity contribution in [2.75, 3.05) is 31.1 Å². The first-order valence-electron chi connectivity index (χ1n) is 9.90. The van der Waals surface area contributed by atoms with E-state index in [2.05, 4.69) is 38.2 Å². The molecule has 0 spiro atoms. The van der Waals surface area contributed by atoms with E-state index in [0.717, 1.165) is 56.7 Å². The Hall–Kier alpha value is -2.63. The van der Waals surface area contributed by atoms with Crippen molar-refractivity contribution in [2.45, 2.75) is 25.7 Å². The van der Waals surface area contributed by atoms with Gasteiger partial charge in [-0.1, -0.05) is 6.42 Å². The molecule has 140 valence electrons. The molecule has 0 aromatic carbocycles. The summed E-state index contributed by atoms with van der Waals surface area (Å²) in [4.78, 5) is 21.6. The van der Waals surface area contributed by atoms with Crippen LogP contribution in [0.5, 0.6) is 0 Å². The van der Waals surface area contributed by atoms with Gasteiger partial charge in [0.05, 0.1) is 11.9 Å². The highest BCUT2D eigenvalue weighted by Gasteiger charge is 2.32. The van der Waals surface area contributed by atoms with E-state index in [1.807, 2.05) is 24.1 Å². The number of aromatic nitrogens is 3. The number of rotatable bonds is 3. The second-order valence-corrected chi connectivity index (χ2v) is 7.88. The number of carbonyl (C=O) groups is 1. The first-order valence-corrected chi connectivity index (χ1v) is 9.90. The van der Waals surface area contributed by atoms with E-state index in [1.54, 1.807) is 0 Å². The maximum Gasteiger partial charge on any atom is 0.225 e. The van der Waals surface area contributed by atoms with Crippen LogP contribution in [0, 0.1) is 5.92 Å². The maximum atomic E-state index is 12.5. The molecule has 27 heavy (non-hydrogen) atoms. The van der Waals surface area contributed by atoms with E-state index in [9.17, 15) is 4.79 Å². The standard InChI is InChI=1S/C21H25N5O/c1-24-14-17(13-23-24)16-11-18-19(12-16)22-6-5-20(18)25-7-9-26(10-8-25)21(27)15-3-2-4-15/h5-6,11,13-15H,2-4,7-10,12H2,1H3. The summed E-state index contributed by atoms with van der Waals surface area (Å²) in [6.45, 7) is 3.44. The van der Waals surface area contributed by atoms with Crippen molar-refractivity contribution in [3.63, 3.8) is 0 Å². The van der Waals surface area contributed by atoms with Crippen LogP contribution in [0.25, 0.3) is 11.6 Å². The molecule has 2 aromatic rings. The highest BCUT2D eigenvalue weighted by atomic mass is 16.2. The molecule has 0 radical (unpaired) electrons. The Labute approximate surface area is 159 Å². The molecule has 1 amide bonds. The number of fused-ring (bicyclic) bond motifs is 1. The summed E-state index contributed by atoms with van der Waals surface area (Å²) in [6.07, 6.45) is 12.4. The Bertz CT molecular complexity index is 903. The largest absolute Gasteiger partial charge is 0.367 e. The molecule has 1 saturated carbocycles. The van der Waals surface area contributed by atoms with Gasteiger partial charge in [0.1, 0.15) is 0 Å². The third-order valence-electron chi connectivity index (χ3n) is 6.19. The monoisotopic (exact) mass is 363 g/mol. The summed E-state index contributed by atoms with van der Waals surface area (Å²) in [5.41, 5.74) is 6.05. The minimum Gasteiger partial charge on any atom is -0.367 e. The molecule has 0 bridgehead atoms.